The van der Waals surface area contributed by atoms with Crippen LogP contribution in [0.3, 0.4) is 0 Å². The number of carbonyl (C=O) groups excluding carboxylic acids is 2. The van der Waals surface area contributed by atoms with Crippen molar-refractivity contribution in [1.82, 2.24) is 0 Å². The van der Waals surface area contributed by atoms with Gasteiger partial charge in [0.1, 0.15) is 0 Å². The molecule has 23 heavy (non-hydrogen) atoms. The van der Waals surface area contributed by atoms with E-state index in [2.05, 4.69) is 0 Å². The van der Waals surface area contributed by atoms with Gasteiger partial charge in [-0.15, -0.1) is 11.3 Å². The molecule has 0 spiro atoms. The molecule has 0 saturated heterocycles. The predicted octanol–water partition coefficient (Wildman–Crippen LogP) is 3.50. The topological polar surface area (TPSA) is 46.6 Å². The maximum atomic E-state index is 12.4. The standard InChI is InChI=1S/C18H19NO3S/c1-12-10-15(13(2)23-12)18(21)22-11-17(20)19-9-5-7-14-6-3-4-8-16(14)19/h3-4,6,8,10H,5,7,9,11H2,1-2H3. The molecule has 1 aliphatic heterocycles. The van der Waals surface area contributed by atoms with Crippen LogP contribution < -0.4 is 4.90 Å². The molecule has 1 aromatic heterocycles. The fourth-order valence-electron chi connectivity index (χ4n) is 2.91. The zero-order chi connectivity index (χ0) is 16.4. The molecule has 0 fully saturated rings. The largest absolute Gasteiger partial charge is 0.452 e. The van der Waals surface area contributed by atoms with Crippen LogP contribution in [-0.2, 0) is 16.0 Å². The van der Waals surface area contributed by atoms with E-state index < -0.39 is 5.97 Å². The van der Waals surface area contributed by atoms with Gasteiger partial charge in [0.25, 0.3) is 5.91 Å². The molecule has 0 saturated carbocycles. The smallest absolute Gasteiger partial charge is 0.339 e. The Kier molecular flexibility index (Phi) is 4.48. The average molecular weight is 329 g/mol. The van der Waals surface area contributed by atoms with Crippen LogP contribution in [0.4, 0.5) is 5.69 Å². The monoisotopic (exact) mass is 329 g/mol. The van der Waals surface area contributed by atoms with Crippen molar-refractivity contribution in [2.45, 2.75) is 26.7 Å². The highest BCUT2D eigenvalue weighted by molar-refractivity contribution is 7.12. The van der Waals surface area contributed by atoms with Crippen LogP contribution in [-0.4, -0.2) is 25.0 Å². The molecule has 0 N–H and O–H groups in total. The first kappa shape index (κ1) is 15.7. The summed E-state index contributed by atoms with van der Waals surface area (Å²) in [6.07, 6.45) is 1.91. The predicted molar refractivity (Wildman–Crippen MR) is 91.2 cm³/mol. The molecule has 0 radical (unpaired) electrons. The van der Waals surface area contributed by atoms with Crippen molar-refractivity contribution in [3.8, 4) is 0 Å². The summed E-state index contributed by atoms with van der Waals surface area (Å²) in [4.78, 5) is 28.3. The minimum Gasteiger partial charge on any atom is -0.452 e. The zero-order valence-corrected chi connectivity index (χ0v) is 14.1. The third-order valence-corrected chi connectivity index (χ3v) is 4.96. The summed E-state index contributed by atoms with van der Waals surface area (Å²) in [5.41, 5.74) is 2.66. The third kappa shape index (κ3) is 3.29. The molecule has 2 aromatic rings. The van der Waals surface area contributed by atoms with Crippen molar-refractivity contribution < 1.29 is 14.3 Å². The van der Waals surface area contributed by atoms with Crippen molar-refractivity contribution in [3.05, 3.63) is 51.2 Å². The lowest BCUT2D eigenvalue weighted by molar-refractivity contribution is -0.121. The van der Waals surface area contributed by atoms with E-state index >= 15 is 0 Å². The van der Waals surface area contributed by atoms with Gasteiger partial charge in [0, 0.05) is 22.0 Å². The Morgan fingerprint density at radius 1 is 1.26 bits per heavy atom. The highest BCUT2D eigenvalue weighted by atomic mass is 32.1. The summed E-state index contributed by atoms with van der Waals surface area (Å²) >= 11 is 1.55. The van der Waals surface area contributed by atoms with E-state index in [9.17, 15) is 9.59 Å². The lowest BCUT2D eigenvalue weighted by Crippen LogP contribution is -2.38. The number of ether oxygens (including phenoxy) is 1. The van der Waals surface area contributed by atoms with Crippen molar-refractivity contribution in [2.75, 3.05) is 18.1 Å². The molecular formula is C18H19NO3S. The molecular weight excluding hydrogens is 310 g/mol. The fraction of sp³-hybridized carbons (Fsp3) is 0.333. The van der Waals surface area contributed by atoms with E-state index in [1.54, 1.807) is 16.2 Å². The SMILES string of the molecule is Cc1cc(C(=O)OCC(=O)N2CCCc3ccccc32)c(C)s1. The van der Waals surface area contributed by atoms with Crippen LogP contribution in [0.5, 0.6) is 0 Å². The molecule has 0 aliphatic carbocycles. The quantitative estimate of drug-likeness (QED) is 0.810. The Hall–Kier alpha value is -2.14. The minimum absolute atomic E-state index is 0.171. The maximum Gasteiger partial charge on any atom is 0.339 e. The van der Waals surface area contributed by atoms with Gasteiger partial charge in [-0.1, -0.05) is 18.2 Å². The van der Waals surface area contributed by atoms with Crippen LogP contribution in [0.2, 0.25) is 0 Å². The van der Waals surface area contributed by atoms with Crippen molar-refractivity contribution in [1.29, 1.82) is 0 Å². The van der Waals surface area contributed by atoms with Crippen LogP contribution >= 0.6 is 11.3 Å². The lowest BCUT2D eigenvalue weighted by atomic mass is 10.0. The molecule has 1 amide bonds. The third-order valence-electron chi connectivity index (χ3n) is 4.00. The number of anilines is 1. The molecule has 2 heterocycles. The first-order valence-corrected chi connectivity index (χ1v) is 8.50. The van der Waals surface area contributed by atoms with E-state index in [4.69, 9.17) is 4.74 Å². The Morgan fingerprint density at radius 3 is 2.78 bits per heavy atom. The number of hydrogen-bond donors (Lipinski definition) is 0. The first-order valence-electron chi connectivity index (χ1n) is 7.68. The number of hydrogen-bond acceptors (Lipinski definition) is 4. The second-order valence-corrected chi connectivity index (χ2v) is 7.14. The molecule has 0 atom stereocenters. The molecule has 0 bridgehead atoms. The summed E-state index contributed by atoms with van der Waals surface area (Å²) < 4.78 is 5.23. The van der Waals surface area contributed by atoms with E-state index in [-0.39, 0.29) is 12.5 Å². The zero-order valence-electron chi connectivity index (χ0n) is 13.3. The van der Waals surface area contributed by atoms with Gasteiger partial charge in [0.15, 0.2) is 6.61 Å². The van der Waals surface area contributed by atoms with Gasteiger partial charge in [-0.3, -0.25) is 4.79 Å². The van der Waals surface area contributed by atoms with Gasteiger partial charge in [-0.25, -0.2) is 4.79 Å². The second-order valence-electron chi connectivity index (χ2n) is 5.68. The number of aryl methyl sites for hydroxylation is 3. The summed E-state index contributed by atoms with van der Waals surface area (Å²) in [6, 6.07) is 9.70. The Morgan fingerprint density at radius 2 is 2.04 bits per heavy atom. The van der Waals surface area contributed by atoms with Crippen molar-refractivity contribution in [2.24, 2.45) is 0 Å². The molecule has 120 valence electrons. The van der Waals surface area contributed by atoms with E-state index in [0.29, 0.717) is 12.1 Å². The van der Waals surface area contributed by atoms with Crippen molar-refractivity contribution >= 4 is 28.9 Å². The lowest BCUT2D eigenvalue weighted by Gasteiger charge is -2.29. The summed E-state index contributed by atoms with van der Waals surface area (Å²) in [5, 5.41) is 0. The minimum atomic E-state index is -0.425. The Balaban J connectivity index is 1.66. The number of carbonyl (C=O) groups is 2. The number of amides is 1. The number of esters is 1. The molecule has 0 unspecified atom stereocenters. The Labute approximate surface area is 139 Å². The first-order chi connectivity index (χ1) is 11.1. The van der Waals surface area contributed by atoms with Gasteiger partial charge < -0.3 is 9.64 Å². The normalized spacial score (nSPS) is 13.6. The van der Waals surface area contributed by atoms with Crippen molar-refractivity contribution in [3.63, 3.8) is 0 Å². The van der Waals surface area contributed by atoms with Gasteiger partial charge >= 0.3 is 5.97 Å². The van der Waals surface area contributed by atoms with Crippen LogP contribution in [0, 0.1) is 13.8 Å². The average Bonchev–Trinajstić information content (AvgIpc) is 2.90. The van der Waals surface area contributed by atoms with Gasteiger partial charge in [0.2, 0.25) is 0 Å². The number of benzene rings is 1. The number of nitrogens with zero attached hydrogens (tertiary/aromatic N) is 1. The van der Waals surface area contributed by atoms with Crippen LogP contribution in [0.1, 0.15) is 32.1 Å². The highest BCUT2D eigenvalue weighted by Crippen LogP contribution is 2.27. The summed E-state index contributed by atoms with van der Waals surface area (Å²) in [6.45, 7) is 4.28. The van der Waals surface area contributed by atoms with Gasteiger partial charge in [-0.2, -0.15) is 0 Å². The van der Waals surface area contributed by atoms with E-state index in [0.717, 1.165) is 28.3 Å². The maximum absolute atomic E-state index is 12.4. The molecule has 4 nitrogen and oxygen atoms in total. The highest BCUT2D eigenvalue weighted by Gasteiger charge is 2.23. The van der Waals surface area contributed by atoms with E-state index in [1.165, 1.54) is 5.56 Å². The van der Waals surface area contributed by atoms with E-state index in [1.807, 2.05) is 44.2 Å². The fourth-order valence-corrected chi connectivity index (χ4v) is 3.82. The molecule has 1 aliphatic rings. The number of fused-ring (bicyclic) bond motifs is 1. The Bertz CT molecular complexity index is 750. The number of rotatable bonds is 3. The molecule has 5 heteroatoms. The van der Waals surface area contributed by atoms with Crippen LogP contribution in [0.25, 0.3) is 0 Å². The summed E-state index contributed by atoms with van der Waals surface area (Å²) in [7, 11) is 0. The van der Waals surface area contributed by atoms with Gasteiger partial charge in [0.05, 0.1) is 5.56 Å². The second kappa shape index (κ2) is 6.54. The van der Waals surface area contributed by atoms with Crippen LogP contribution in [0.15, 0.2) is 30.3 Å². The van der Waals surface area contributed by atoms with Gasteiger partial charge in [-0.05, 0) is 44.4 Å². The molecule has 1 aromatic carbocycles. The summed E-state index contributed by atoms with van der Waals surface area (Å²) in [5.74, 6) is -0.597. The number of thiophene rings is 1. The molecule has 3 rings (SSSR count). The number of para-hydroxylation sites is 1.